The molecule has 0 fully saturated rings. The van der Waals surface area contributed by atoms with Crippen molar-refractivity contribution in [3.05, 3.63) is 47.2 Å². The van der Waals surface area contributed by atoms with Crippen LogP contribution in [0.15, 0.2) is 24.3 Å². The van der Waals surface area contributed by atoms with E-state index in [1.807, 2.05) is 24.3 Å². The average Bonchev–Trinajstić information content (AvgIpc) is 2.85. The van der Waals surface area contributed by atoms with Crippen LogP contribution in [0.2, 0.25) is 0 Å². The minimum absolute atomic E-state index is 0.0120. The molecule has 3 N–H and O–H groups in total. The molecule has 3 rings (SSSR count). The van der Waals surface area contributed by atoms with Crippen LogP contribution in [0.1, 0.15) is 23.2 Å². The van der Waals surface area contributed by atoms with Gasteiger partial charge in [-0.05, 0) is 18.6 Å². The normalized spacial score (nSPS) is 16.9. The van der Waals surface area contributed by atoms with Crippen molar-refractivity contribution in [1.82, 2.24) is 9.97 Å². The highest BCUT2D eigenvalue weighted by Gasteiger charge is 2.27. The summed E-state index contributed by atoms with van der Waals surface area (Å²) < 4.78 is 19.4. The molecule has 0 radical (unpaired) electrons. The first-order valence-corrected chi connectivity index (χ1v) is 5.94. The summed E-state index contributed by atoms with van der Waals surface area (Å²) >= 11 is 0. The van der Waals surface area contributed by atoms with Crippen molar-refractivity contribution >= 4 is 5.82 Å². The Morgan fingerprint density at radius 1 is 1.37 bits per heavy atom. The second-order valence-corrected chi connectivity index (χ2v) is 4.39. The van der Waals surface area contributed by atoms with Crippen molar-refractivity contribution in [1.29, 1.82) is 0 Å². The SMILES string of the molecule is Cc1nc(C2Cc3ccccc3O2)nc(NN)c1F. The number of nitrogens with two attached hydrogens (primary N) is 1. The van der Waals surface area contributed by atoms with E-state index in [4.69, 9.17) is 10.6 Å². The molecule has 2 heterocycles. The van der Waals surface area contributed by atoms with Crippen molar-refractivity contribution in [2.24, 2.45) is 5.84 Å². The van der Waals surface area contributed by atoms with Crippen LogP contribution in [0.25, 0.3) is 0 Å². The lowest BCUT2D eigenvalue weighted by atomic mass is 10.1. The van der Waals surface area contributed by atoms with E-state index < -0.39 is 5.82 Å². The van der Waals surface area contributed by atoms with Gasteiger partial charge in [0.25, 0.3) is 0 Å². The zero-order valence-corrected chi connectivity index (χ0v) is 10.4. The second kappa shape index (κ2) is 4.47. The maximum atomic E-state index is 13.6. The van der Waals surface area contributed by atoms with Gasteiger partial charge in [-0.1, -0.05) is 18.2 Å². The van der Waals surface area contributed by atoms with Gasteiger partial charge in [0, 0.05) is 6.42 Å². The summed E-state index contributed by atoms with van der Waals surface area (Å²) in [6, 6.07) is 7.75. The molecule has 0 aliphatic carbocycles. The number of fused-ring (bicyclic) bond motifs is 1. The third-order valence-corrected chi connectivity index (χ3v) is 3.11. The quantitative estimate of drug-likeness (QED) is 0.637. The molecule has 19 heavy (non-hydrogen) atoms. The number of para-hydroxylation sites is 1. The van der Waals surface area contributed by atoms with Crippen molar-refractivity contribution < 1.29 is 9.13 Å². The van der Waals surface area contributed by atoms with Gasteiger partial charge in [-0.2, -0.15) is 0 Å². The first-order valence-electron chi connectivity index (χ1n) is 5.94. The molecule has 1 aromatic heterocycles. The number of benzene rings is 1. The Morgan fingerprint density at radius 2 is 2.16 bits per heavy atom. The van der Waals surface area contributed by atoms with Crippen LogP contribution >= 0.6 is 0 Å². The number of hydrogen-bond acceptors (Lipinski definition) is 5. The van der Waals surface area contributed by atoms with Crippen LogP contribution in [0.4, 0.5) is 10.2 Å². The molecule has 0 spiro atoms. The number of aryl methyl sites for hydroxylation is 1. The van der Waals surface area contributed by atoms with Gasteiger partial charge in [-0.3, -0.25) is 0 Å². The molecule has 0 bridgehead atoms. The van der Waals surface area contributed by atoms with Gasteiger partial charge in [0.1, 0.15) is 5.75 Å². The molecule has 0 amide bonds. The number of nitrogen functional groups attached to an aromatic ring is 1. The monoisotopic (exact) mass is 260 g/mol. The lowest BCUT2D eigenvalue weighted by Crippen LogP contribution is -2.17. The van der Waals surface area contributed by atoms with E-state index in [0.29, 0.717) is 12.2 Å². The van der Waals surface area contributed by atoms with E-state index in [0.717, 1.165) is 11.3 Å². The molecule has 1 aliphatic rings. The fraction of sp³-hybridized carbons (Fsp3) is 0.231. The van der Waals surface area contributed by atoms with Gasteiger partial charge >= 0.3 is 0 Å². The van der Waals surface area contributed by atoms with Crippen LogP contribution < -0.4 is 16.0 Å². The summed E-state index contributed by atoms with van der Waals surface area (Å²) in [6.07, 6.45) is 0.370. The zero-order chi connectivity index (χ0) is 13.4. The lowest BCUT2D eigenvalue weighted by molar-refractivity contribution is 0.227. The van der Waals surface area contributed by atoms with Crippen molar-refractivity contribution in [3.63, 3.8) is 0 Å². The highest BCUT2D eigenvalue weighted by atomic mass is 19.1. The topological polar surface area (TPSA) is 73.1 Å². The summed E-state index contributed by atoms with van der Waals surface area (Å²) in [7, 11) is 0. The van der Waals surface area contributed by atoms with Gasteiger partial charge in [-0.15, -0.1) is 0 Å². The van der Waals surface area contributed by atoms with E-state index in [-0.39, 0.29) is 17.6 Å². The zero-order valence-electron chi connectivity index (χ0n) is 10.4. The van der Waals surface area contributed by atoms with E-state index in [1.165, 1.54) is 0 Å². The highest BCUT2D eigenvalue weighted by Crippen LogP contribution is 2.35. The number of ether oxygens (including phenoxy) is 1. The Labute approximate surface area is 109 Å². The van der Waals surface area contributed by atoms with Crippen molar-refractivity contribution in [2.75, 3.05) is 5.43 Å². The van der Waals surface area contributed by atoms with Crippen molar-refractivity contribution in [2.45, 2.75) is 19.4 Å². The molecule has 1 aliphatic heterocycles. The van der Waals surface area contributed by atoms with E-state index in [2.05, 4.69) is 15.4 Å². The van der Waals surface area contributed by atoms with Gasteiger partial charge in [-0.25, -0.2) is 20.2 Å². The Bertz CT molecular complexity index is 607. The lowest BCUT2D eigenvalue weighted by Gasteiger charge is -2.12. The largest absolute Gasteiger partial charge is 0.482 e. The Hall–Kier alpha value is -2.21. The maximum absolute atomic E-state index is 13.6. The first-order chi connectivity index (χ1) is 9.19. The number of hydrazine groups is 1. The smallest absolute Gasteiger partial charge is 0.187 e. The van der Waals surface area contributed by atoms with Gasteiger partial charge in [0.2, 0.25) is 0 Å². The Morgan fingerprint density at radius 3 is 2.89 bits per heavy atom. The van der Waals surface area contributed by atoms with E-state index in [9.17, 15) is 4.39 Å². The minimum Gasteiger partial charge on any atom is -0.482 e. The molecule has 1 atom stereocenters. The van der Waals surface area contributed by atoms with Gasteiger partial charge in [0.15, 0.2) is 23.6 Å². The number of nitrogens with zero attached hydrogens (tertiary/aromatic N) is 2. The van der Waals surface area contributed by atoms with Gasteiger partial charge < -0.3 is 10.2 Å². The third-order valence-electron chi connectivity index (χ3n) is 3.11. The predicted molar refractivity (Wildman–Crippen MR) is 68.1 cm³/mol. The molecule has 5 nitrogen and oxygen atoms in total. The molecule has 0 saturated heterocycles. The molecule has 1 aromatic carbocycles. The predicted octanol–water partition coefficient (Wildman–Crippen LogP) is 1.89. The summed E-state index contributed by atoms with van der Waals surface area (Å²) in [5.74, 6) is 5.95. The number of anilines is 1. The minimum atomic E-state index is -0.540. The fourth-order valence-corrected chi connectivity index (χ4v) is 2.15. The van der Waals surface area contributed by atoms with Crippen LogP contribution in [0.3, 0.4) is 0 Å². The highest BCUT2D eigenvalue weighted by molar-refractivity contribution is 5.40. The maximum Gasteiger partial charge on any atom is 0.187 e. The molecule has 98 valence electrons. The summed E-state index contributed by atoms with van der Waals surface area (Å²) in [6.45, 7) is 1.57. The molecule has 1 unspecified atom stereocenters. The summed E-state index contributed by atoms with van der Waals surface area (Å²) in [4.78, 5) is 8.21. The van der Waals surface area contributed by atoms with Gasteiger partial charge in [0.05, 0.1) is 5.69 Å². The first kappa shape index (κ1) is 11.9. The van der Waals surface area contributed by atoms with Crippen LogP contribution in [0, 0.1) is 12.7 Å². The fourth-order valence-electron chi connectivity index (χ4n) is 2.15. The van der Waals surface area contributed by atoms with Crippen LogP contribution in [-0.4, -0.2) is 9.97 Å². The molecular weight excluding hydrogens is 247 g/mol. The van der Waals surface area contributed by atoms with E-state index in [1.54, 1.807) is 6.92 Å². The van der Waals surface area contributed by atoms with Crippen LogP contribution in [-0.2, 0) is 6.42 Å². The number of nitrogens with one attached hydrogen (secondary N) is 1. The number of rotatable bonds is 2. The van der Waals surface area contributed by atoms with E-state index >= 15 is 0 Å². The number of aromatic nitrogens is 2. The second-order valence-electron chi connectivity index (χ2n) is 4.39. The summed E-state index contributed by atoms with van der Waals surface area (Å²) in [5, 5.41) is 0. The third kappa shape index (κ3) is 2.00. The number of halogens is 1. The average molecular weight is 260 g/mol. The Balaban J connectivity index is 1.95. The Kier molecular flexibility index (Phi) is 2.79. The molecular formula is C13H13FN4O. The van der Waals surface area contributed by atoms with Crippen molar-refractivity contribution in [3.8, 4) is 5.75 Å². The molecule has 0 saturated carbocycles. The molecule has 6 heteroatoms. The van der Waals surface area contributed by atoms with Crippen LogP contribution in [0.5, 0.6) is 5.75 Å². The standard InChI is InChI=1S/C13H13FN4O/c1-7-11(14)13(18-15)17-12(16-7)10-6-8-4-2-3-5-9(8)19-10/h2-5,10H,6,15H2,1H3,(H,16,17,18). The number of hydrogen-bond donors (Lipinski definition) is 2. The summed E-state index contributed by atoms with van der Waals surface area (Å²) in [5.41, 5.74) is 3.58. The molecule has 2 aromatic rings.